The number of carbonyl (C=O) groups is 1. The minimum absolute atomic E-state index is 0.0756. The zero-order chi connectivity index (χ0) is 14.7. The Morgan fingerprint density at radius 2 is 1.70 bits per heavy atom. The Bertz CT molecular complexity index is 621. The molecule has 0 aliphatic carbocycles. The molecule has 0 bridgehead atoms. The van der Waals surface area contributed by atoms with E-state index in [1.54, 1.807) is 12.1 Å². The van der Waals surface area contributed by atoms with E-state index in [0.29, 0.717) is 5.56 Å². The second-order valence-electron chi connectivity index (χ2n) is 4.78. The van der Waals surface area contributed by atoms with E-state index in [0.717, 1.165) is 23.9 Å². The van der Waals surface area contributed by atoms with Crippen LogP contribution in [-0.2, 0) is 6.42 Å². The van der Waals surface area contributed by atoms with Crippen molar-refractivity contribution in [2.45, 2.75) is 6.42 Å². The van der Waals surface area contributed by atoms with Crippen LogP contribution in [0.1, 0.15) is 15.9 Å². The number of Topliss-reactive ketones (excluding diaryl/α,β-unsaturated/α-hetero) is 1. The summed E-state index contributed by atoms with van der Waals surface area (Å²) in [5.41, 5.74) is 1.53. The van der Waals surface area contributed by atoms with Crippen LogP contribution in [0.25, 0.3) is 0 Å². The van der Waals surface area contributed by atoms with Gasteiger partial charge in [0.05, 0.1) is 0 Å². The molecule has 0 aliphatic heterocycles. The van der Waals surface area contributed by atoms with Crippen LogP contribution in [0.15, 0.2) is 42.5 Å². The minimum atomic E-state index is -0.565. The molecule has 0 N–H and O–H groups in total. The Balaban J connectivity index is 2.17. The first kappa shape index (κ1) is 14.2. The minimum Gasteiger partial charge on any atom is -0.378 e. The molecule has 0 atom stereocenters. The molecule has 0 unspecified atom stereocenters. The predicted molar refractivity (Wildman–Crippen MR) is 75.2 cm³/mol. The van der Waals surface area contributed by atoms with Crippen LogP contribution in [0, 0.1) is 11.6 Å². The lowest BCUT2D eigenvalue weighted by atomic mass is 10.0. The maximum atomic E-state index is 13.5. The molecule has 4 heteroatoms. The first-order chi connectivity index (χ1) is 9.47. The third-order valence-corrected chi connectivity index (χ3v) is 3.06. The van der Waals surface area contributed by atoms with Gasteiger partial charge in [0.2, 0.25) is 0 Å². The van der Waals surface area contributed by atoms with Crippen molar-refractivity contribution in [3.63, 3.8) is 0 Å². The van der Waals surface area contributed by atoms with Gasteiger partial charge in [-0.05, 0) is 48.0 Å². The lowest BCUT2D eigenvalue weighted by Gasteiger charge is -2.12. The van der Waals surface area contributed by atoms with Gasteiger partial charge >= 0.3 is 0 Å². The molecule has 0 aliphatic rings. The average Bonchev–Trinajstić information content (AvgIpc) is 2.43. The summed E-state index contributed by atoms with van der Waals surface area (Å²) in [6.45, 7) is 0. The highest BCUT2D eigenvalue weighted by atomic mass is 19.1. The molecule has 0 radical (unpaired) electrons. The molecule has 2 rings (SSSR count). The number of nitrogens with zero attached hydrogens (tertiary/aromatic N) is 1. The Kier molecular flexibility index (Phi) is 4.13. The van der Waals surface area contributed by atoms with Crippen LogP contribution in [0.4, 0.5) is 14.5 Å². The summed E-state index contributed by atoms with van der Waals surface area (Å²) in [6, 6.07) is 10.1. The van der Waals surface area contributed by atoms with Gasteiger partial charge in [-0.3, -0.25) is 4.79 Å². The first-order valence-electron chi connectivity index (χ1n) is 6.22. The quantitative estimate of drug-likeness (QED) is 0.796. The lowest BCUT2D eigenvalue weighted by molar-refractivity contribution is 0.0992. The van der Waals surface area contributed by atoms with Gasteiger partial charge in [-0.2, -0.15) is 0 Å². The Morgan fingerprint density at radius 3 is 2.30 bits per heavy atom. The third-order valence-electron chi connectivity index (χ3n) is 3.06. The Hall–Kier alpha value is -2.23. The van der Waals surface area contributed by atoms with Gasteiger partial charge in [0.15, 0.2) is 5.78 Å². The summed E-state index contributed by atoms with van der Waals surface area (Å²) in [7, 11) is 3.80. The molecule has 2 nitrogen and oxygen atoms in total. The van der Waals surface area contributed by atoms with Crippen molar-refractivity contribution in [2.75, 3.05) is 19.0 Å². The van der Waals surface area contributed by atoms with Crippen LogP contribution in [0.5, 0.6) is 0 Å². The molecule has 2 aromatic carbocycles. The SMILES string of the molecule is CN(C)c1ccc(C(=O)Cc2cc(F)ccc2F)cc1. The number of anilines is 1. The van der Waals surface area contributed by atoms with E-state index in [1.165, 1.54) is 0 Å². The molecule has 0 saturated heterocycles. The molecular formula is C16H15F2NO. The van der Waals surface area contributed by atoms with Crippen LogP contribution in [-0.4, -0.2) is 19.9 Å². The van der Waals surface area contributed by atoms with Crippen LogP contribution in [0.2, 0.25) is 0 Å². The molecule has 20 heavy (non-hydrogen) atoms. The summed E-state index contributed by atoms with van der Waals surface area (Å²) in [6.07, 6.45) is -0.148. The fourth-order valence-electron chi connectivity index (χ4n) is 1.90. The van der Waals surface area contributed by atoms with Gasteiger partial charge in [-0.15, -0.1) is 0 Å². The van der Waals surface area contributed by atoms with E-state index < -0.39 is 11.6 Å². The van der Waals surface area contributed by atoms with Crippen LogP contribution < -0.4 is 4.90 Å². The normalized spacial score (nSPS) is 10.4. The standard InChI is InChI=1S/C16H15F2NO/c1-19(2)14-6-3-11(4-7-14)16(20)10-12-9-13(17)5-8-15(12)18/h3-9H,10H2,1-2H3. The lowest BCUT2D eigenvalue weighted by Crippen LogP contribution is -2.09. The van der Waals surface area contributed by atoms with Crippen LogP contribution >= 0.6 is 0 Å². The maximum Gasteiger partial charge on any atom is 0.167 e. The Labute approximate surface area is 116 Å². The van der Waals surface area contributed by atoms with E-state index in [9.17, 15) is 13.6 Å². The van der Waals surface area contributed by atoms with Gasteiger partial charge in [0, 0.05) is 31.8 Å². The monoisotopic (exact) mass is 275 g/mol. The van der Waals surface area contributed by atoms with Crippen molar-refractivity contribution < 1.29 is 13.6 Å². The topological polar surface area (TPSA) is 20.3 Å². The van der Waals surface area contributed by atoms with Gasteiger partial charge in [0.1, 0.15) is 11.6 Å². The van der Waals surface area contributed by atoms with Crippen molar-refractivity contribution in [3.8, 4) is 0 Å². The summed E-state index contributed by atoms with van der Waals surface area (Å²) in [5, 5.41) is 0. The third kappa shape index (κ3) is 3.20. The van der Waals surface area contributed by atoms with Crippen molar-refractivity contribution in [2.24, 2.45) is 0 Å². The second kappa shape index (κ2) is 5.82. The molecule has 0 amide bonds. The molecule has 0 spiro atoms. The second-order valence-corrected chi connectivity index (χ2v) is 4.78. The van der Waals surface area contributed by atoms with Gasteiger partial charge in [0.25, 0.3) is 0 Å². The smallest absolute Gasteiger partial charge is 0.167 e. The van der Waals surface area contributed by atoms with Crippen LogP contribution in [0.3, 0.4) is 0 Å². The van der Waals surface area contributed by atoms with Crippen molar-refractivity contribution in [1.82, 2.24) is 0 Å². The van der Waals surface area contributed by atoms with E-state index in [1.807, 2.05) is 31.1 Å². The van der Waals surface area contributed by atoms with E-state index in [2.05, 4.69) is 0 Å². The highest BCUT2D eigenvalue weighted by Gasteiger charge is 2.11. The van der Waals surface area contributed by atoms with Crippen molar-refractivity contribution >= 4 is 11.5 Å². The fourth-order valence-corrected chi connectivity index (χ4v) is 1.90. The average molecular weight is 275 g/mol. The highest BCUT2D eigenvalue weighted by Crippen LogP contribution is 2.16. The van der Waals surface area contributed by atoms with Crippen molar-refractivity contribution in [3.05, 3.63) is 65.2 Å². The zero-order valence-electron chi connectivity index (χ0n) is 11.4. The largest absolute Gasteiger partial charge is 0.378 e. The zero-order valence-corrected chi connectivity index (χ0v) is 11.4. The molecule has 0 heterocycles. The summed E-state index contributed by atoms with van der Waals surface area (Å²) >= 11 is 0. The number of ketones is 1. The maximum absolute atomic E-state index is 13.5. The molecule has 0 saturated carbocycles. The van der Waals surface area contributed by atoms with Gasteiger partial charge in [-0.1, -0.05) is 0 Å². The Morgan fingerprint density at radius 1 is 1.05 bits per heavy atom. The number of hydrogen-bond donors (Lipinski definition) is 0. The number of rotatable bonds is 4. The summed E-state index contributed by atoms with van der Waals surface area (Å²) in [4.78, 5) is 14.0. The van der Waals surface area contributed by atoms with Crippen molar-refractivity contribution in [1.29, 1.82) is 0 Å². The number of hydrogen-bond acceptors (Lipinski definition) is 2. The molecular weight excluding hydrogens is 260 g/mol. The molecule has 104 valence electrons. The first-order valence-corrected chi connectivity index (χ1v) is 6.22. The highest BCUT2D eigenvalue weighted by molar-refractivity contribution is 5.97. The van der Waals surface area contributed by atoms with Gasteiger partial charge in [-0.25, -0.2) is 8.78 Å². The van der Waals surface area contributed by atoms with E-state index in [-0.39, 0.29) is 17.8 Å². The predicted octanol–water partition coefficient (Wildman–Crippen LogP) is 3.46. The molecule has 0 fully saturated rings. The number of benzene rings is 2. The fraction of sp³-hybridized carbons (Fsp3) is 0.188. The summed E-state index contributed by atoms with van der Waals surface area (Å²) < 4.78 is 26.5. The number of halogens is 2. The molecule has 0 aromatic heterocycles. The number of carbonyl (C=O) groups excluding carboxylic acids is 1. The van der Waals surface area contributed by atoms with E-state index in [4.69, 9.17) is 0 Å². The molecule has 2 aromatic rings. The van der Waals surface area contributed by atoms with E-state index >= 15 is 0 Å². The van der Waals surface area contributed by atoms with Gasteiger partial charge < -0.3 is 4.90 Å². The summed E-state index contributed by atoms with van der Waals surface area (Å²) in [5.74, 6) is -1.35.